The first-order valence-corrected chi connectivity index (χ1v) is 13.8. The van der Waals surface area contributed by atoms with Crippen LogP contribution in [0.4, 0.5) is 3.09 Å². The molecule has 0 amide bonds. The van der Waals surface area contributed by atoms with Gasteiger partial charge >= 0.3 is 97.9 Å². The van der Waals surface area contributed by atoms with Gasteiger partial charge in [-0.05, 0) is 24.6 Å². The van der Waals surface area contributed by atoms with Crippen LogP contribution in [0.2, 0.25) is 19.6 Å². The number of phenolic OH excluding ortho intramolecular Hbond substituents is 1. The quantitative estimate of drug-likeness (QED) is 0.430. The number of hydrogen-bond donors (Lipinski definition) is 1. The zero-order chi connectivity index (χ0) is 19.9. The Morgan fingerprint density at radius 3 is 1.59 bits per heavy atom. The molecular formula is C23H28Cl2FOSiTi. The van der Waals surface area contributed by atoms with Crippen LogP contribution < -0.4 is 5.19 Å². The van der Waals surface area contributed by atoms with Gasteiger partial charge in [0.1, 0.15) is 5.75 Å². The zero-order valence-electron chi connectivity index (χ0n) is 17.1. The van der Waals surface area contributed by atoms with Crippen molar-refractivity contribution in [2.45, 2.75) is 26.6 Å². The number of phenols is 1. The summed E-state index contributed by atoms with van der Waals surface area (Å²) in [5, 5.41) is 10.7. The molecule has 6 heteroatoms. The van der Waals surface area contributed by atoms with Crippen LogP contribution in [0.5, 0.6) is 5.75 Å². The van der Waals surface area contributed by atoms with Gasteiger partial charge in [-0.2, -0.15) is 0 Å². The number of benzene rings is 3. The Labute approximate surface area is 196 Å². The van der Waals surface area contributed by atoms with E-state index in [1.165, 1.54) is 5.19 Å². The van der Waals surface area contributed by atoms with Crippen LogP contribution in [-0.2, 0) is 19.2 Å². The third-order valence-corrected chi connectivity index (χ3v) is 7.36. The molecule has 0 radical (unpaired) electrons. The topological polar surface area (TPSA) is 20.2 Å². The summed E-state index contributed by atoms with van der Waals surface area (Å²) in [6, 6.07) is 25.4. The minimum absolute atomic E-state index is 0. The van der Waals surface area contributed by atoms with Crippen LogP contribution in [0.15, 0.2) is 78.9 Å². The van der Waals surface area contributed by atoms with Crippen molar-refractivity contribution in [2.75, 3.05) is 0 Å². The van der Waals surface area contributed by atoms with Gasteiger partial charge in [-0.15, -0.1) is 24.8 Å². The van der Waals surface area contributed by atoms with Crippen molar-refractivity contribution in [3.8, 4) is 5.75 Å². The number of aryl methyl sites for hydroxylation is 1. The second-order valence-corrected chi connectivity index (χ2v) is 13.7. The van der Waals surface area contributed by atoms with Gasteiger partial charge in [0, 0.05) is 0 Å². The van der Waals surface area contributed by atoms with Crippen LogP contribution in [0.25, 0.3) is 0 Å². The molecule has 0 saturated heterocycles. The number of aromatic hydroxyl groups is 1. The van der Waals surface area contributed by atoms with E-state index in [0.29, 0.717) is 5.75 Å². The Bertz CT molecular complexity index is 836. The Balaban J connectivity index is 0.000000518. The summed E-state index contributed by atoms with van der Waals surface area (Å²) >= 11 is -1.53. The zero-order valence-corrected chi connectivity index (χ0v) is 21.3. The fraction of sp³-hybridized carbons (Fsp3) is 0.174. The first-order valence-electron chi connectivity index (χ1n) is 8.97. The van der Waals surface area contributed by atoms with Crippen LogP contribution in [0, 0.1) is 6.92 Å². The fourth-order valence-electron chi connectivity index (χ4n) is 2.68. The van der Waals surface area contributed by atoms with Gasteiger partial charge in [0.25, 0.3) is 0 Å². The molecule has 29 heavy (non-hydrogen) atoms. The average molecular weight is 486 g/mol. The molecule has 0 heterocycles. The molecule has 155 valence electrons. The number of halogens is 3. The molecule has 0 fully saturated rings. The molecule has 0 aliphatic heterocycles. The maximum atomic E-state index is 13.1. The van der Waals surface area contributed by atoms with Crippen molar-refractivity contribution in [3.05, 3.63) is 95.6 Å². The van der Waals surface area contributed by atoms with Gasteiger partial charge in [0.05, 0.1) is 8.07 Å². The summed E-state index contributed by atoms with van der Waals surface area (Å²) in [4.78, 5) is 0. The van der Waals surface area contributed by atoms with Crippen molar-refractivity contribution in [2.24, 2.45) is 0 Å². The molecule has 1 N–H and O–H groups in total. The third kappa shape index (κ3) is 8.98. The summed E-state index contributed by atoms with van der Waals surface area (Å²) in [6.45, 7) is 8.85. The van der Waals surface area contributed by atoms with Gasteiger partial charge in [0.15, 0.2) is 0 Å². The summed E-state index contributed by atoms with van der Waals surface area (Å²) < 4.78 is 14.0. The molecule has 0 atom stereocenters. The van der Waals surface area contributed by atoms with Crippen molar-refractivity contribution in [3.63, 3.8) is 0 Å². The van der Waals surface area contributed by atoms with Crippen LogP contribution in [0.3, 0.4) is 0 Å². The monoisotopic (exact) mass is 485 g/mol. The molecule has 0 aromatic heterocycles. The Hall–Kier alpha value is -1.23. The molecule has 0 spiro atoms. The maximum absolute atomic E-state index is 13.1. The molecule has 3 aromatic rings. The van der Waals surface area contributed by atoms with Crippen molar-refractivity contribution in [1.29, 1.82) is 0 Å². The summed E-state index contributed by atoms with van der Waals surface area (Å²) in [6.07, 6.45) is 0. The van der Waals surface area contributed by atoms with Gasteiger partial charge in [-0.1, -0.05) is 30.9 Å². The van der Waals surface area contributed by atoms with E-state index >= 15 is 0 Å². The molecule has 3 rings (SSSR count). The predicted molar refractivity (Wildman–Crippen MR) is 128 cm³/mol. The van der Waals surface area contributed by atoms with Gasteiger partial charge < -0.3 is 5.11 Å². The summed E-state index contributed by atoms with van der Waals surface area (Å²) in [5.41, 5.74) is 3.16. The first-order chi connectivity index (χ1) is 12.8. The first kappa shape index (κ1) is 27.8. The van der Waals surface area contributed by atoms with Crippen LogP contribution >= 0.6 is 24.8 Å². The van der Waals surface area contributed by atoms with E-state index in [0.717, 1.165) is 20.5 Å². The minimum atomic E-state index is -1.53. The average Bonchev–Trinajstić information content (AvgIpc) is 2.63. The third-order valence-electron chi connectivity index (χ3n) is 4.15. The molecule has 0 unspecified atom stereocenters. The van der Waals surface area contributed by atoms with E-state index in [1.54, 1.807) is 6.07 Å². The number of hydrogen-bond acceptors (Lipinski definition) is 1. The van der Waals surface area contributed by atoms with Crippen LogP contribution in [0.1, 0.15) is 16.7 Å². The van der Waals surface area contributed by atoms with E-state index < -0.39 is 27.3 Å². The van der Waals surface area contributed by atoms with E-state index in [1.807, 2.05) is 73.7 Å². The Kier molecular flexibility index (Phi) is 12.6. The molecule has 0 saturated carbocycles. The second-order valence-electron chi connectivity index (χ2n) is 7.51. The van der Waals surface area contributed by atoms with Crippen molar-refractivity contribution < 1.29 is 27.4 Å². The van der Waals surface area contributed by atoms with Crippen molar-refractivity contribution in [1.82, 2.24) is 0 Å². The fourth-order valence-corrected chi connectivity index (χ4v) is 4.78. The molecule has 1 nitrogen and oxygen atoms in total. The van der Waals surface area contributed by atoms with Crippen LogP contribution in [-0.4, -0.2) is 17.0 Å². The second kappa shape index (κ2) is 13.1. The standard InChI is InChI=1S/C13H10.C10H16OSi.2ClH.FH.Ti/c1-3-7-12(8-4-1)11-13-9-5-2-6-10-13;1-8-5-9(11)7-10(6-8)12(2,3)4;;;;/h1-10H;5-7,11H,1-4H3;3*1H;/q;;;;;+1/p-1. The van der Waals surface area contributed by atoms with E-state index in [2.05, 4.69) is 25.7 Å². The summed E-state index contributed by atoms with van der Waals surface area (Å²) in [7, 11) is -1.26. The number of rotatable bonds is 3. The normalized spacial score (nSPS) is 9.69. The Morgan fingerprint density at radius 2 is 1.24 bits per heavy atom. The molecule has 0 bridgehead atoms. The van der Waals surface area contributed by atoms with Gasteiger partial charge in [-0.25, -0.2) is 0 Å². The predicted octanol–water partition coefficient (Wildman–Crippen LogP) is 6.31. The van der Waals surface area contributed by atoms with Gasteiger partial charge in [-0.3, -0.25) is 0 Å². The molecule has 3 aromatic carbocycles. The van der Waals surface area contributed by atoms with E-state index in [4.69, 9.17) is 0 Å². The molecular weight excluding hydrogens is 458 g/mol. The Morgan fingerprint density at radius 1 is 0.793 bits per heavy atom. The SMILES string of the molecule is Cc1cc(O)cc([Si](C)(C)C)c1.Cl.Cl.[F][Ti]=[C](c1ccccc1)c1ccccc1. The summed E-state index contributed by atoms with van der Waals surface area (Å²) in [5.74, 6) is 0.396. The van der Waals surface area contributed by atoms with Crippen molar-refractivity contribution >= 4 is 41.9 Å². The molecule has 0 aliphatic rings. The molecule has 0 aliphatic carbocycles. The van der Waals surface area contributed by atoms with E-state index in [-0.39, 0.29) is 24.8 Å². The van der Waals surface area contributed by atoms with Gasteiger partial charge in [0.2, 0.25) is 0 Å². The van der Waals surface area contributed by atoms with E-state index in [9.17, 15) is 8.20 Å².